The first-order valence-corrected chi connectivity index (χ1v) is 7.97. The number of rotatable bonds is 3. The van der Waals surface area contributed by atoms with Crippen molar-refractivity contribution in [1.82, 2.24) is 20.2 Å². The fraction of sp³-hybridized carbons (Fsp3) is 0.312. The fourth-order valence-corrected chi connectivity index (χ4v) is 3.03. The summed E-state index contributed by atoms with van der Waals surface area (Å²) in [7, 11) is 1.24. The molecule has 0 fully saturated rings. The molecule has 0 saturated carbocycles. The molecule has 9 heteroatoms. The summed E-state index contributed by atoms with van der Waals surface area (Å²) in [5.41, 5.74) is 2.21. The Hall–Kier alpha value is -2.61. The smallest absolute Gasteiger partial charge is 0.325 e. The third-order valence-corrected chi connectivity index (χ3v) is 4.35. The zero-order chi connectivity index (χ0) is 18.0. The number of hydrogen-bond acceptors (Lipinski definition) is 4. The molecule has 132 valence electrons. The van der Waals surface area contributed by atoms with Crippen molar-refractivity contribution in [2.75, 3.05) is 20.2 Å². The van der Waals surface area contributed by atoms with Gasteiger partial charge in [0.25, 0.3) is 0 Å². The van der Waals surface area contributed by atoms with Crippen molar-refractivity contribution in [2.24, 2.45) is 0 Å². The second kappa shape index (κ2) is 7.10. The van der Waals surface area contributed by atoms with Gasteiger partial charge < -0.3 is 19.9 Å². The van der Waals surface area contributed by atoms with E-state index in [1.807, 2.05) is 0 Å². The summed E-state index contributed by atoms with van der Waals surface area (Å²) in [6.07, 6.45) is 2.14. The highest BCUT2D eigenvalue weighted by molar-refractivity contribution is 6.30. The van der Waals surface area contributed by atoms with Gasteiger partial charge in [0, 0.05) is 18.7 Å². The van der Waals surface area contributed by atoms with Crippen molar-refractivity contribution >= 4 is 23.6 Å². The lowest BCUT2D eigenvalue weighted by atomic mass is 9.96. The van der Waals surface area contributed by atoms with E-state index in [0.717, 1.165) is 5.69 Å². The predicted molar refractivity (Wildman–Crippen MR) is 87.7 cm³/mol. The number of carbonyl (C=O) groups is 2. The number of methoxy groups -OCH3 is 1. The quantitative estimate of drug-likeness (QED) is 0.814. The fourth-order valence-electron chi connectivity index (χ4n) is 2.84. The molecule has 7 nitrogen and oxygen atoms in total. The molecule has 1 aromatic carbocycles. The monoisotopic (exact) mass is 366 g/mol. The van der Waals surface area contributed by atoms with Gasteiger partial charge >= 0.3 is 12.0 Å². The lowest BCUT2D eigenvalue weighted by Gasteiger charge is -2.35. The molecule has 0 aliphatic carbocycles. The van der Waals surface area contributed by atoms with E-state index in [-0.39, 0.29) is 11.6 Å². The van der Waals surface area contributed by atoms with E-state index in [2.05, 4.69) is 20.0 Å². The first-order valence-electron chi connectivity index (χ1n) is 7.59. The molecular formula is C16H16ClFN4O3. The van der Waals surface area contributed by atoms with Crippen LogP contribution in [0.1, 0.15) is 23.0 Å². The Morgan fingerprint density at radius 1 is 1.52 bits per heavy atom. The number of benzene rings is 1. The van der Waals surface area contributed by atoms with Crippen molar-refractivity contribution in [3.05, 3.63) is 52.3 Å². The lowest BCUT2D eigenvalue weighted by molar-refractivity contribution is -0.139. The third kappa shape index (κ3) is 3.43. The number of imidazole rings is 1. The zero-order valence-electron chi connectivity index (χ0n) is 13.4. The Morgan fingerprint density at radius 2 is 2.32 bits per heavy atom. The van der Waals surface area contributed by atoms with Crippen LogP contribution in [0.2, 0.25) is 5.02 Å². The molecule has 2 heterocycles. The standard InChI is InChI=1S/C16H16ClFN4O3/c1-25-13(23)7-19-16(24)22-5-4-12-14(21-8-20-12)15(22)9-2-3-11(18)10(17)6-9/h2-3,6,8,15H,4-5,7H2,1H3,(H,19,24)(H,20,21)/t15-/m0/s1. The van der Waals surface area contributed by atoms with Gasteiger partial charge in [-0.2, -0.15) is 0 Å². The molecule has 1 aliphatic heterocycles. The third-order valence-electron chi connectivity index (χ3n) is 4.06. The minimum atomic E-state index is -0.549. The second-order valence-corrected chi connectivity index (χ2v) is 5.93. The number of esters is 1. The number of nitrogens with one attached hydrogen (secondary N) is 2. The van der Waals surface area contributed by atoms with Crippen molar-refractivity contribution in [3.8, 4) is 0 Å². The molecule has 0 unspecified atom stereocenters. The van der Waals surface area contributed by atoms with Gasteiger partial charge in [-0.15, -0.1) is 0 Å². The van der Waals surface area contributed by atoms with E-state index in [4.69, 9.17) is 11.6 Å². The van der Waals surface area contributed by atoms with Gasteiger partial charge in [-0.1, -0.05) is 17.7 Å². The summed E-state index contributed by atoms with van der Waals surface area (Å²) >= 11 is 5.90. The number of urea groups is 1. The van der Waals surface area contributed by atoms with Gasteiger partial charge in [0.15, 0.2) is 0 Å². The van der Waals surface area contributed by atoms with Gasteiger partial charge in [-0.3, -0.25) is 4.79 Å². The Morgan fingerprint density at radius 3 is 3.04 bits per heavy atom. The molecule has 2 aromatic rings. The summed E-state index contributed by atoms with van der Waals surface area (Å²) in [6, 6.07) is 3.32. The van der Waals surface area contributed by atoms with Crippen molar-refractivity contribution in [2.45, 2.75) is 12.5 Å². The maximum atomic E-state index is 13.5. The minimum absolute atomic E-state index is 0.0323. The predicted octanol–water partition coefficient (Wildman–Crippen LogP) is 2.03. The molecule has 0 radical (unpaired) electrons. The molecule has 1 aromatic heterocycles. The minimum Gasteiger partial charge on any atom is -0.468 e. The molecule has 25 heavy (non-hydrogen) atoms. The van der Waals surface area contributed by atoms with Crippen LogP contribution in [0.5, 0.6) is 0 Å². The number of amides is 2. The number of H-pyrrole nitrogens is 1. The molecule has 0 bridgehead atoms. The first-order chi connectivity index (χ1) is 12.0. The lowest BCUT2D eigenvalue weighted by Crippen LogP contribution is -2.47. The van der Waals surface area contributed by atoms with Crippen molar-refractivity contribution in [1.29, 1.82) is 0 Å². The number of halogens is 2. The van der Waals surface area contributed by atoms with Crippen LogP contribution in [0.25, 0.3) is 0 Å². The average Bonchev–Trinajstić information content (AvgIpc) is 3.09. The Kier molecular flexibility index (Phi) is 4.89. The highest BCUT2D eigenvalue weighted by Gasteiger charge is 2.34. The number of hydrogen-bond donors (Lipinski definition) is 2. The van der Waals surface area contributed by atoms with Crippen LogP contribution < -0.4 is 5.32 Å². The number of ether oxygens (including phenoxy) is 1. The van der Waals surface area contributed by atoms with Crippen LogP contribution in [0, 0.1) is 5.82 Å². The van der Waals surface area contributed by atoms with Crippen LogP contribution in [-0.2, 0) is 16.0 Å². The molecule has 3 rings (SSSR count). The van der Waals surface area contributed by atoms with Gasteiger partial charge in [-0.05, 0) is 17.7 Å². The highest BCUT2D eigenvalue weighted by Crippen LogP contribution is 2.34. The van der Waals surface area contributed by atoms with Crippen LogP contribution in [0.15, 0.2) is 24.5 Å². The Bertz CT molecular complexity index is 810. The van der Waals surface area contributed by atoms with E-state index in [9.17, 15) is 14.0 Å². The summed E-state index contributed by atoms with van der Waals surface area (Å²) < 4.78 is 18.0. The zero-order valence-corrected chi connectivity index (χ0v) is 14.1. The number of carbonyl (C=O) groups excluding carboxylic acids is 2. The number of nitrogens with zero attached hydrogens (tertiary/aromatic N) is 2. The number of fused-ring (bicyclic) bond motifs is 1. The molecule has 0 saturated heterocycles. The molecular weight excluding hydrogens is 351 g/mol. The van der Waals surface area contributed by atoms with E-state index < -0.39 is 23.9 Å². The molecule has 1 atom stereocenters. The maximum absolute atomic E-state index is 13.5. The van der Waals surface area contributed by atoms with E-state index in [0.29, 0.717) is 24.2 Å². The molecule has 0 spiro atoms. The number of aromatic nitrogens is 2. The normalized spacial score (nSPS) is 16.3. The average molecular weight is 367 g/mol. The first kappa shape index (κ1) is 17.2. The van der Waals surface area contributed by atoms with E-state index in [1.165, 1.54) is 24.1 Å². The van der Waals surface area contributed by atoms with Crippen LogP contribution in [0.3, 0.4) is 0 Å². The largest absolute Gasteiger partial charge is 0.468 e. The maximum Gasteiger partial charge on any atom is 0.325 e. The van der Waals surface area contributed by atoms with Gasteiger partial charge in [0.1, 0.15) is 18.4 Å². The van der Waals surface area contributed by atoms with Gasteiger partial charge in [-0.25, -0.2) is 14.2 Å². The summed E-state index contributed by atoms with van der Waals surface area (Å²) in [5, 5.41) is 2.49. The van der Waals surface area contributed by atoms with E-state index in [1.54, 1.807) is 12.4 Å². The molecule has 1 aliphatic rings. The van der Waals surface area contributed by atoms with Crippen molar-refractivity contribution in [3.63, 3.8) is 0 Å². The summed E-state index contributed by atoms with van der Waals surface area (Å²) in [5.74, 6) is -1.09. The Balaban J connectivity index is 1.92. The SMILES string of the molecule is COC(=O)CNC(=O)N1CCc2[nH]cnc2[C@@H]1c1ccc(F)c(Cl)c1. The summed E-state index contributed by atoms with van der Waals surface area (Å²) in [4.78, 5) is 32.7. The van der Waals surface area contributed by atoms with Crippen LogP contribution in [-0.4, -0.2) is 47.1 Å². The highest BCUT2D eigenvalue weighted by atomic mass is 35.5. The molecule has 2 amide bonds. The number of aromatic amines is 1. The van der Waals surface area contributed by atoms with Crippen molar-refractivity contribution < 1.29 is 18.7 Å². The van der Waals surface area contributed by atoms with Gasteiger partial charge in [0.05, 0.1) is 24.2 Å². The summed E-state index contributed by atoms with van der Waals surface area (Å²) in [6.45, 7) is 0.165. The topological polar surface area (TPSA) is 87.3 Å². The molecule has 2 N–H and O–H groups in total. The van der Waals surface area contributed by atoms with Crippen LogP contribution >= 0.6 is 11.6 Å². The van der Waals surface area contributed by atoms with Gasteiger partial charge in [0.2, 0.25) is 0 Å². The Labute approximate surface area is 148 Å². The van der Waals surface area contributed by atoms with Crippen LogP contribution in [0.4, 0.5) is 9.18 Å². The second-order valence-electron chi connectivity index (χ2n) is 5.52. The van der Waals surface area contributed by atoms with E-state index >= 15 is 0 Å².